The number of nitrogens with one attached hydrogen (secondary N) is 1. The number of benzene rings is 1. The number of H-pyrrole nitrogens is 1. The third kappa shape index (κ3) is 2.35. The lowest BCUT2D eigenvalue weighted by Gasteiger charge is -2.41. The van der Waals surface area contributed by atoms with Gasteiger partial charge in [0.25, 0.3) is 0 Å². The Morgan fingerprint density at radius 1 is 1.13 bits per heavy atom. The standard InChI is InChI=1S/C17H19N5O/c1-23-17(13-5-3-2-4-6-13)7-9-22(10-8-17)16-14-11-20-21-15(14)18-12-19-16/h2-6,11-12H,7-10H2,1H3,(H,18,19,20,21). The minimum atomic E-state index is -0.208. The Bertz CT molecular complexity index is 793. The number of hydrogen-bond acceptors (Lipinski definition) is 5. The molecule has 23 heavy (non-hydrogen) atoms. The van der Waals surface area contributed by atoms with Gasteiger partial charge in [-0.1, -0.05) is 30.3 Å². The van der Waals surface area contributed by atoms with Crippen LogP contribution in [0.3, 0.4) is 0 Å². The zero-order valence-corrected chi connectivity index (χ0v) is 13.1. The van der Waals surface area contributed by atoms with Crippen LogP contribution < -0.4 is 4.90 Å². The van der Waals surface area contributed by atoms with Crippen LogP contribution in [0.4, 0.5) is 5.82 Å². The maximum atomic E-state index is 5.94. The van der Waals surface area contributed by atoms with E-state index in [9.17, 15) is 0 Å². The predicted molar refractivity (Wildman–Crippen MR) is 88.3 cm³/mol. The van der Waals surface area contributed by atoms with Gasteiger partial charge in [0.15, 0.2) is 5.65 Å². The van der Waals surface area contributed by atoms with E-state index in [-0.39, 0.29) is 5.60 Å². The Morgan fingerprint density at radius 2 is 1.91 bits per heavy atom. The fourth-order valence-electron chi connectivity index (χ4n) is 3.44. The molecule has 4 rings (SSSR count). The molecule has 3 aromatic rings. The highest BCUT2D eigenvalue weighted by Gasteiger charge is 2.36. The van der Waals surface area contributed by atoms with Crippen LogP contribution in [0.2, 0.25) is 0 Å². The van der Waals surface area contributed by atoms with E-state index in [4.69, 9.17) is 4.74 Å². The molecule has 1 fully saturated rings. The van der Waals surface area contributed by atoms with Crippen molar-refractivity contribution < 1.29 is 4.74 Å². The summed E-state index contributed by atoms with van der Waals surface area (Å²) in [6, 6.07) is 10.5. The first kappa shape index (κ1) is 14.1. The minimum Gasteiger partial charge on any atom is -0.373 e. The average Bonchev–Trinajstić information content (AvgIpc) is 3.11. The van der Waals surface area contributed by atoms with Crippen LogP contribution in [0.25, 0.3) is 11.0 Å². The molecule has 0 saturated carbocycles. The number of fused-ring (bicyclic) bond motifs is 1. The molecule has 0 radical (unpaired) electrons. The molecular formula is C17H19N5O. The van der Waals surface area contributed by atoms with Crippen LogP contribution in [0.1, 0.15) is 18.4 Å². The molecule has 1 aliphatic rings. The van der Waals surface area contributed by atoms with Crippen LogP contribution in [-0.2, 0) is 10.3 Å². The number of aromatic amines is 1. The molecule has 6 nitrogen and oxygen atoms in total. The average molecular weight is 309 g/mol. The molecule has 2 aromatic heterocycles. The molecular weight excluding hydrogens is 290 g/mol. The maximum absolute atomic E-state index is 5.94. The van der Waals surface area contributed by atoms with Gasteiger partial charge in [-0.25, -0.2) is 9.97 Å². The molecule has 0 aliphatic carbocycles. The predicted octanol–water partition coefficient (Wildman–Crippen LogP) is 2.50. The van der Waals surface area contributed by atoms with E-state index in [0.717, 1.165) is 42.8 Å². The van der Waals surface area contributed by atoms with E-state index < -0.39 is 0 Å². The summed E-state index contributed by atoms with van der Waals surface area (Å²) in [6.45, 7) is 1.78. The van der Waals surface area contributed by atoms with Gasteiger partial charge in [0, 0.05) is 20.2 Å². The summed E-state index contributed by atoms with van der Waals surface area (Å²) in [4.78, 5) is 11.0. The topological polar surface area (TPSA) is 66.9 Å². The van der Waals surface area contributed by atoms with E-state index in [1.165, 1.54) is 5.56 Å². The number of aromatic nitrogens is 4. The molecule has 3 heterocycles. The first-order valence-corrected chi connectivity index (χ1v) is 7.82. The van der Waals surface area contributed by atoms with Gasteiger partial charge in [-0.3, -0.25) is 5.10 Å². The van der Waals surface area contributed by atoms with Crippen LogP contribution >= 0.6 is 0 Å². The Hall–Kier alpha value is -2.47. The lowest BCUT2D eigenvalue weighted by molar-refractivity contribution is -0.0347. The highest BCUT2D eigenvalue weighted by molar-refractivity contribution is 5.86. The molecule has 0 atom stereocenters. The van der Waals surface area contributed by atoms with Gasteiger partial charge in [-0.05, 0) is 18.4 Å². The van der Waals surface area contributed by atoms with Crippen LogP contribution in [0.5, 0.6) is 0 Å². The summed E-state index contributed by atoms with van der Waals surface area (Å²) in [5.74, 6) is 0.946. The number of hydrogen-bond donors (Lipinski definition) is 1. The van der Waals surface area contributed by atoms with Crippen molar-refractivity contribution in [2.24, 2.45) is 0 Å². The zero-order valence-electron chi connectivity index (χ0n) is 13.1. The zero-order chi connectivity index (χ0) is 15.7. The summed E-state index contributed by atoms with van der Waals surface area (Å²) in [5.41, 5.74) is 1.82. The maximum Gasteiger partial charge on any atom is 0.160 e. The molecule has 1 N–H and O–H groups in total. The quantitative estimate of drug-likeness (QED) is 0.805. The lowest BCUT2D eigenvalue weighted by atomic mass is 9.84. The summed E-state index contributed by atoms with van der Waals surface area (Å²) in [7, 11) is 1.81. The van der Waals surface area contributed by atoms with Gasteiger partial charge in [-0.2, -0.15) is 5.10 Å². The van der Waals surface area contributed by atoms with E-state index >= 15 is 0 Å². The molecule has 118 valence electrons. The second-order valence-electron chi connectivity index (χ2n) is 5.88. The SMILES string of the molecule is COC1(c2ccccc2)CCN(c2ncnc3[nH]ncc23)CC1. The van der Waals surface area contributed by atoms with E-state index in [0.29, 0.717) is 0 Å². The van der Waals surface area contributed by atoms with Crippen molar-refractivity contribution in [3.05, 3.63) is 48.4 Å². The van der Waals surface area contributed by atoms with Crippen LogP contribution in [0, 0.1) is 0 Å². The van der Waals surface area contributed by atoms with E-state index in [2.05, 4.69) is 49.3 Å². The summed E-state index contributed by atoms with van der Waals surface area (Å²) >= 11 is 0. The minimum absolute atomic E-state index is 0.208. The number of nitrogens with zero attached hydrogens (tertiary/aromatic N) is 4. The van der Waals surface area contributed by atoms with Crippen molar-refractivity contribution in [1.82, 2.24) is 20.2 Å². The van der Waals surface area contributed by atoms with Crippen molar-refractivity contribution in [2.45, 2.75) is 18.4 Å². The molecule has 1 aliphatic heterocycles. The van der Waals surface area contributed by atoms with Crippen LogP contribution in [-0.4, -0.2) is 40.4 Å². The number of anilines is 1. The smallest absolute Gasteiger partial charge is 0.160 e. The second-order valence-corrected chi connectivity index (χ2v) is 5.88. The monoisotopic (exact) mass is 309 g/mol. The number of methoxy groups -OCH3 is 1. The molecule has 1 saturated heterocycles. The van der Waals surface area contributed by atoms with Gasteiger partial charge in [-0.15, -0.1) is 0 Å². The summed E-state index contributed by atoms with van der Waals surface area (Å²) in [6.07, 6.45) is 5.24. The van der Waals surface area contributed by atoms with Gasteiger partial charge in [0.05, 0.1) is 17.2 Å². The Kier molecular flexibility index (Phi) is 3.46. The van der Waals surface area contributed by atoms with Crippen molar-refractivity contribution >= 4 is 16.9 Å². The molecule has 0 spiro atoms. The van der Waals surface area contributed by atoms with Crippen molar-refractivity contribution in [3.63, 3.8) is 0 Å². The van der Waals surface area contributed by atoms with Gasteiger partial charge < -0.3 is 9.64 Å². The Labute approximate surface area is 134 Å². The fraction of sp³-hybridized carbons (Fsp3) is 0.353. The number of piperidine rings is 1. The highest BCUT2D eigenvalue weighted by Crippen LogP contribution is 2.37. The lowest BCUT2D eigenvalue weighted by Crippen LogP contribution is -2.44. The molecule has 0 bridgehead atoms. The second kappa shape index (κ2) is 5.62. The molecule has 0 unspecified atom stereocenters. The van der Waals surface area contributed by atoms with E-state index in [1.54, 1.807) is 12.5 Å². The first-order valence-electron chi connectivity index (χ1n) is 7.82. The fourth-order valence-corrected chi connectivity index (χ4v) is 3.44. The Balaban J connectivity index is 1.60. The largest absolute Gasteiger partial charge is 0.373 e. The number of rotatable bonds is 3. The van der Waals surface area contributed by atoms with E-state index in [1.807, 2.05) is 13.2 Å². The van der Waals surface area contributed by atoms with Crippen molar-refractivity contribution in [2.75, 3.05) is 25.1 Å². The molecule has 6 heteroatoms. The Morgan fingerprint density at radius 3 is 2.65 bits per heavy atom. The van der Waals surface area contributed by atoms with Crippen LogP contribution in [0.15, 0.2) is 42.9 Å². The molecule has 1 aromatic carbocycles. The highest BCUT2D eigenvalue weighted by atomic mass is 16.5. The van der Waals surface area contributed by atoms with Crippen molar-refractivity contribution in [3.8, 4) is 0 Å². The normalized spacial score (nSPS) is 17.5. The number of ether oxygens (including phenoxy) is 1. The summed E-state index contributed by atoms with van der Waals surface area (Å²) in [5, 5.41) is 7.94. The third-order valence-electron chi connectivity index (χ3n) is 4.79. The van der Waals surface area contributed by atoms with Gasteiger partial charge in [0.2, 0.25) is 0 Å². The van der Waals surface area contributed by atoms with Gasteiger partial charge in [0.1, 0.15) is 12.1 Å². The van der Waals surface area contributed by atoms with Gasteiger partial charge >= 0.3 is 0 Å². The van der Waals surface area contributed by atoms with Crippen molar-refractivity contribution in [1.29, 1.82) is 0 Å². The summed E-state index contributed by atoms with van der Waals surface area (Å²) < 4.78 is 5.94. The first-order chi connectivity index (χ1) is 11.3. The molecule has 0 amide bonds. The third-order valence-corrected chi connectivity index (χ3v) is 4.79.